The lowest BCUT2D eigenvalue weighted by atomic mass is 9.81. The number of nitrogens with one attached hydrogen (secondary N) is 1. The van der Waals surface area contributed by atoms with Crippen LogP contribution in [-0.2, 0) is 10.8 Å². The summed E-state index contributed by atoms with van der Waals surface area (Å²) in [6.45, 7) is 9.08. The van der Waals surface area contributed by atoms with E-state index in [0.29, 0.717) is 0 Å². The molecule has 0 radical (unpaired) electrons. The number of hydrogen-bond acceptors (Lipinski definition) is 3. The van der Waals surface area contributed by atoms with Gasteiger partial charge in [0.25, 0.3) is 0 Å². The largest absolute Gasteiger partial charge is 0.358 e. The molecule has 33 heavy (non-hydrogen) atoms. The molecule has 2 nitrogen and oxygen atoms in total. The molecule has 0 unspecified atom stereocenters. The van der Waals surface area contributed by atoms with Crippen LogP contribution >= 0.6 is 12.6 Å². The van der Waals surface area contributed by atoms with E-state index in [1.165, 1.54) is 40.1 Å². The molecule has 0 amide bonds. The van der Waals surface area contributed by atoms with Crippen molar-refractivity contribution in [3.8, 4) is 0 Å². The zero-order valence-electron chi connectivity index (χ0n) is 19.9. The van der Waals surface area contributed by atoms with E-state index in [0.717, 1.165) is 29.1 Å². The Labute approximate surface area is 203 Å². The molecule has 5 rings (SSSR count). The van der Waals surface area contributed by atoms with Crippen molar-refractivity contribution in [1.82, 2.24) is 0 Å². The molecule has 168 valence electrons. The van der Waals surface area contributed by atoms with Gasteiger partial charge in [0.2, 0.25) is 0 Å². The van der Waals surface area contributed by atoms with Gasteiger partial charge in [-0.15, -0.1) is 12.6 Å². The highest BCUT2D eigenvalue weighted by atomic mass is 32.1. The van der Waals surface area contributed by atoms with E-state index in [1.54, 1.807) is 0 Å². The summed E-state index contributed by atoms with van der Waals surface area (Å²) in [5, 5.41) is 3.61. The summed E-state index contributed by atoms with van der Waals surface area (Å²) in [6.07, 6.45) is 14.8. The highest BCUT2D eigenvalue weighted by Gasteiger charge is 2.34. The van der Waals surface area contributed by atoms with E-state index in [1.807, 2.05) is 6.07 Å². The average Bonchev–Trinajstić information content (AvgIpc) is 3.20. The molecule has 3 aliphatic rings. The number of rotatable bonds is 3. The van der Waals surface area contributed by atoms with Gasteiger partial charge in [-0.1, -0.05) is 64.1 Å². The maximum Gasteiger partial charge on any atom is 0.0674 e. The zero-order chi connectivity index (χ0) is 23.2. The van der Waals surface area contributed by atoms with Crippen LogP contribution in [0.2, 0.25) is 0 Å². The molecule has 1 N–H and O–H groups in total. The number of para-hydroxylation sites is 1. The minimum Gasteiger partial charge on any atom is -0.358 e. The molecule has 1 aliphatic carbocycles. The van der Waals surface area contributed by atoms with Gasteiger partial charge >= 0.3 is 0 Å². The fraction of sp³-hybridized carbons (Fsp3) is 0.300. The lowest BCUT2D eigenvalue weighted by molar-refractivity contribution is 0.652. The van der Waals surface area contributed by atoms with Crippen LogP contribution in [0.5, 0.6) is 0 Å². The second kappa shape index (κ2) is 8.22. The number of nitrogens with zero attached hydrogens (tertiary/aromatic N) is 1. The first-order valence-corrected chi connectivity index (χ1v) is 12.3. The molecule has 0 atom stereocenters. The van der Waals surface area contributed by atoms with E-state index in [2.05, 4.69) is 112 Å². The standard InChI is InChI=1S/C30H32N2S/c1-29(2)23-10-5-6-11-25(23)31-27(29)16-12-20-8-7-9-21(18-20)13-17-28-30(3,4)24-19-22(33)14-15-26(24)32-28/h5-6,10-19,32-33H,7-9H2,1-4H3/b16-12+,21-13+,28-17+. The Bertz CT molecular complexity index is 1270. The van der Waals surface area contributed by atoms with Crippen molar-refractivity contribution in [3.63, 3.8) is 0 Å². The van der Waals surface area contributed by atoms with Gasteiger partial charge in [-0.25, -0.2) is 0 Å². The number of allylic oxidation sites excluding steroid dienone is 8. The molecule has 2 aliphatic heterocycles. The van der Waals surface area contributed by atoms with E-state index in [9.17, 15) is 0 Å². The maximum atomic E-state index is 4.90. The maximum absolute atomic E-state index is 4.90. The predicted molar refractivity (Wildman–Crippen MR) is 144 cm³/mol. The van der Waals surface area contributed by atoms with Crippen LogP contribution in [0.15, 0.2) is 99.6 Å². The third-order valence-corrected chi connectivity index (χ3v) is 7.58. The van der Waals surface area contributed by atoms with E-state index in [4.69, 9.17) is 4.99 Å². The minimum atomic E-state index is -0.0486. The molecule has 0 spiro atoms. The second-order valence-electron chi connectivity index (χ2n) is 10.3. The molecule has 2 aromatic rings. The van der Waals surface area contributed by atoms with Crippen LogP contribution in [0.1, 0.15) is 58.1 Å². The monoisotopic (exact) mass is 452 g/mol. The van der Waals surface area contributed by atoms with Crippen LogP contribution < -0.4 is 5.32 Å². The highest BCUT2D eigenvalue weighted by Crippen LogP contribution is 2.44. The third kappa shape index (κ3) is 4.04. The van der Waals surface area contributed by atoms with Crippen molar-refractivity contribution in [2.24, 2.45) is 4.99 Å². The van der Waals surface area contributed by atoms with Crippen molar-refractivity contribution in [3.05, 3.63) is 101 Å². The molecular weight excluding hydrogens is 420 g/mol. The minimum absolute atomic E-state index is 0.0482. The van der Waals surface area contributed by atoms with E-state index < -0.39 is 0 Å². The average molecular weight is 453 g/mol. The van der Waals surface area contributed by atoms with Crippen LogP contribution in [0.4, 0.5) is 11.4 Å². The number of benzene rings is 2. The molecule has 0 aromatic heterocycles. The lowest BCUT2D eigenvalue weighted by Crippen LogP contribution is -2.23. The summed E-state index contributed by atoms with van der Waals surface area (Å²) in [7, 11) is 0. The first-order chi connectivity index (χ1) is 15.7. The van der Waals surface area contributed by atoms with Gasteiger partial charge in [0.1, 0.15) is 0 Å². The zero-order valence-corrected chi connectivity index (χ0v) is 20.8. The fourth-order valence-electron chi connectivity index (χ4n) is 5.13. The second-order valence-corrected chi connectivity index (χ2v) is 10.9. The van der Waals surface area contributed by atoms with Gasteiger partial charge < -0.3 is 5.32 Å². The van der Waals surface area contributed by atoms with Gasteiger partial charge in [0.15, 0.2) is 0 Å². The number of fused-ring (bicyclic) bond motifs is 2. The number of thiol groups is 1. The highest BCUT2D eigenvalue weighted by molar-refractivity contribution is 7.80. The molecule has 0 saturated heterocycles. The Morgan fingerprint density at radius 2 is 1.73 bits per heavy atom. The normalized spacial score (nSPS) is 22.8. The molecule has 0 saturated carbocycles. The Balaban J connectivity index is 1.36. The Morgan fingerprint density at radius 3 is 2.55 bits per heavy atom. The fourth-order valence-corrected chi connectivity index (χ4v) is 5.33. The Morgan fingerprint density at radius 1 is 0.909 bits per heavy atom. The van der Waals surface area contributed by atoms with Crippen molar-refractivity contribution in [2.45, 2.75) is 62.7 Å². The molecule has 3 heteroatoms. The van der Waals surface area contributed by atoms with Gasteiger partial charge in [0, 0.05) is 27.1 Å². The summed E-state index contributed by atoms with van der Waals surface area (Å²) in [5.41, 5.74) is 9.95. The van der Waals surface area contributed by atoms with E-state index >= 15 is 0 Å². The van der Waals surface area contributed by atoms with E-state index in [-0.39, 0.29) is 10.8 Å². The van der Waals surface area contributed by atoms with Gasteiger partial charge in [0.05, 0.1) is 11.4 Å². The molecule has 0 bridgehead atoms. The number of hydrogen-bond donors (Lipinski definition) is 2. The third-order valence-electron chi connectivity index (χ3n) is 7.30. The SMILES string of the molecule is CC1(C)C(/C=C/C2=CC(=C/C=C3/Nc4ccc(S)cc4C3(C)C)/CCC2)=Nc2ccccc21. The Kier molecular flexibility index (Phi) is 5.49. The van der Waals surface area contributed by atoms with Crippen LogP contribution in [0.25, 0.3) is 0 Å². The summed E-state index contributed by atoms with van der Waals surface area (Å²) in [5.74, 6) is 0. The summed E-state index contributed by atoms with van der Waals surface area (Å²) < 4.78 is 0. The summed E-state index contributed by atoms with van der Waals surface area (Å²) >= 11 is 4.53. The smallest absolute Gasteiger partial charge is 0.0674 e. The Hall–Kier alpha value is -2.78. The van der Waals surface area contributed by atoms with Crippen LogP contribution in [0.3, 0.4) is 0 Å². The van der Waals surface area contributed by atoms with Crippen LogP contribution in [-0.4, -0.2) is 5.71 Å². The number of aliphatic imine (C=N–C) groups is 1. The molecule has 0 fully saturated rings. The topological polar surface area (TPSA) is 24.4 Å². The molecular formula is C30H32N2S. The van der Waals surface area contributed by atoms with Gasteiger partial charge in [-0.2, -0.15) is 0 Å². The van der Waals surface area contributed by atoms with Gasteiger partial charge in [-0.05, 0) is 78.0 Å². The van der Waals surface area contributed by atoms with Crippen molar-refractivity contribution in [1.29, 1.82) is 0 Å². The van der Waals surface area contributed by atoms with Crippen molar-refractivity contribution >= 4 is 29.7 Å². The molecule has 2 aromatic carbocycles. The number of anilines is 1. The first-order valence-electron chi connectivity index (χ1n) is 11.8. The van der Waals surface area contributed by atoms with Crippen LogP contribution in [0, 0.1) is 0 Å². The lowest BCUT2D eigenvalue weighted by Gasteiger charge is -2.21. The first kappa shape index (κ1) is 22.0. The quantitative estimate of drug-likeness (QED) is 0.450. The van der Waals surface area contributed by atoms with Crippen molar-refractivity contribution < 1.29 is 0 Å². The van der Waals surface area contributed by atoms with Crippen molar-refractivity contribution in [2.75, 3.05) is 5.32 Å². The predicted octanol–water partition coefficient (Wildman–Crippen LogP) is 8.22. The summed E-state index contributed by atoms with van der Waals surface area (Å²) in [6, 6.07) is 14.8. The summed E-state index contributed by atoms with van der Waals surface area (Å²) in [4.78, 5) is 5.91. The van der Waals surface area contributed by atoms with Gasteiger partial charge in [-0.3, -0.25) is 4.99 Å². The molecule has 2 heterocycles.